The van der Waals surface area contributed by atoms with E-state index in [2.05, 4.69) is 10.3 Å². The van der Waals surface area contributed by atoms with Crippen LogP contribution in [0.25, 0.3) is 0 Å². The Bertz CT molecular complexity index is 385. The van der Waals surface area contributed by atoms with Crippen molar-refractivity contribution in [2.45, 2.75) is 26.3 Å². The summed E-state index contributed by atoms with van der Waals surface area (Å²) < 4.78 is 0. The molecule has 1 rings (SSSR count). The smallest absolute Gasteiger partial charge is 0.304 e. The zero-order valence-electron chi connectivity index (χ0n) is 9.29. The van der Waals surface area contributed by atoms with Gasteiger partial charge in [-0.15, -0.1) is 0 Å². The van der Waals surface area contributed by atoms with Crippen molar-refractivity contribution in [1.29, 1.82) is 0 Å². The molecule has 6 heteroatoms. The lowest BCUT2D eigenvalue weighted by Crippen LogP contribution is -2.24. The van der Waals surface area contributed by atoms with Crippen molar-refractivity contribution >= 4 is 17.2 Å². The van der Waals surface area contributed by atoms with Gasteiger partial charge in [0.15, 0.2) is 0 Å². The van der Waals surface area contributed by atoms with Gasteiger partial charge in [-0.3, -0.25) is 9.59 Å². The first kappa shape index (κ1) is 12.9. The molecule has 1 aromatic heterocycles. The van der Waals surface area contributed by atoms with Gasteiger partial charge in [0.25, 0.3) is 0 Å². The van der Waals surface area contributed by atoms with Crippen molar-refractivity contribution in [2.75, 3.05) is 6.54 Å². The van der Waals surface area contributed by atoms with E-state index in [0.29, 0.717) is 25.4 Å². The zero-order chi connectivity index (χ0) is 12.0. The van der Waals surface area contributed by atoms with Gasteiger partial charge in [0, 0.05) is 17.5 Å². The van der Waals surface area contributed by atoms with Crippen LogP contribution in [0, 0.1) is 5.92 Å². The summed E-state index contributed by atoms with van der Waals surface area (Å²) in [6.07, 6.45) is 1.27. The van der Waals surface area contributed by atoms with Gasteiger partial charge in [0.05, 0.1) is 6.54 Å². The molecule has 0 aromatic carbocycles. The van der Waals surface area contributed by atoms with Crippen LogP contribution in [0.3, 0.4) is 0 Å². The van der Waals surface area contributed by atoms with Crippen LogP contribution >= 0.6 is 11.3 Å². The molecular formula is C10H17N3O2S. The molecule has 0 aliphatic carbocycles. The maximum atomic E-state index is 11.4. The number of hydrogen-bond donors (Lipinski definition) is 3. The third-order valence-corrected chi connectivity index (χ3v) is 3.03. The lowest BCUT2D eigenvalue weighted by molar-refractivity contribution is -0.121. The number of carbonyl (C=O) groups excluding carboxylic acids is 1. The minimum atomic E-state index is -0.0963. The first-order chi connectivity index (χ1) is 7.61. The molecule has 0 fully saturated rings. The van der Waals surface area contributed by atoms with Crippen LogP contribution in [0.5, 0.6) is 0 Å². The summed E-state index contributed by atoms with van der Waals surface area (Å²) in [5, 5.41) is 4.46. The molecule has 0 saturated carbocycles. The van der Waals surface area contributed by atoms with Crippen LogP contribution in [-0.4, -0.2) is 17.4 Å². The first-order valence-electron chi connectivity index (χ1n) is 5.25. The van der Waals surface area contributed by atoms with E-state index in [1.807, 2.05) is 6.92 Å². The molecule has 90 valence electrons. The lowest BCUT2D eigenvalue weighted by Gasteiger charge is -2.07. The highest BCUT2D eigenvalue weighted by Gasteiger charge is 2.05. The van der Waals surface area contributed by atoms with Crippen molar-refractivity contribution in [2.24, 2.45) is 11.7 Å². The second-order valence-electron chi connectivity index (χ2n) is 3.83. The summed E-state index contributed by atoms with van der Waals surface area (Å²) >= 11 is 1.10. The molecule has 1 atom stereocenters. The number of amides is 1. The summed E-state index contributed by atoms with van der Waals surface area (Å²) in [5.41, 5.74) is 6.20. The summed E-state index contributed by atoms with van der Waals surface area (Å²) in [6, 6.07) is 0. The van der Waals surface area contributed by atoms with Crippen molar-refractivity contribution in [3.05, 3.63) is 20.7 Å². The predicted molar refractivity (Wildman–Crippen MR) is 64.2 cm³/mol. The average Bonchev–Trinajstić information content (AvgIpc) is 2.69. The van der Waals surface area contributed by atoms with Gasteiger partial charge in [-0.25, -0.2) is 0 Å². The molecule has 1 amide bonds. The average molecular weight is 243 g/mol. The maximum Gasteiger partial charge on any atom is 0.304 e. The van der Waals surface area contributed by atoms with Crippen LogP contribution in [0.15, 0.2) is 10.2 Å². The molecule has 4 N–H and O–H groups in total. The van der Waals surface area contributed by atoms with Gasteiger partial charge in [0.2, 0.25) is 5.91 Å². The van der Waals surface area contributed by atoms with Crippen LogP contribution < -0.4 is 15.9 Å². The van der Waals surface area contributed by atoms with Crippen LogP contribution in [-0.2, 0) is 11.3 Å². The highest BCUT2D eigenvalue weighted by atomic mass is 32.1. The molecule has 0 aliphatic rings. The van der Waals surface area contributed by atoms with E-state index < -0.39 is 0 Å². The molecule has 0 saturated heterocycles. The number of rotatable bonds is 6. The summed E-state index contributed by atoms with van der Waals surface area (Å²) in [5.74, 6) is 0.360. The van der Waals surface area contributed by atoms with E-state index in [0.717, 1.165) is 23.5 Å². The quantitative estimate of drug-likeness (QED) is 0.677. The van der Waals surface area contributed by atoms with Gasteiger partial charge < -0.3 is 16.0 Å². The maximum absolute atomic E-state index is 11.4. The molecule has 1 unspecified atom stereocenters. The minimum Gasteiger partial charge on any atom is -0.351 e. The Morgan fingerprint density at radius 3 is 3.00 bits per heavy atom. The molecule has 0 spiro atoms. The van der Waals surface area contributed by atoms with E-state index in [4.69, 9.17) is 5.73 Å². The lowest BCUT2D eigenvalue weighted by atomic mass is 10.1. The Labute approximate surface area is 98.1 Å². The van der Waals surface area contributed by atoms with E-state index in [9.17, 15) is 9.59 Å². The molecule has 0 bridgehead atoms. The number of nitrogens with one attached hydrogen (secondary N) is 2. The highest BCUT2D eigenvalue weighted by Crippen LogP contribution is 2.03. The fourth-order valence-electron chi connectivity index (χ4n) is 1.18. The highest BCUT2D eigenvalue weighted by molar-refractivity contribution is 7.07. The van der Waals surface area contributed by atoms with Crippen molar-refractivity contribution < 1.29 is 4.79 Å². The van der Waals surface area contributed by atoms with Crippen LogP contribution in [0.1, 0.15) is 25.5 Å². The normalized spacial score (nSPS) is 12.4. The molecule has 0 radical (unpaired) electrons. The first-order valence-corrected chi connectivity index (χ1v) is 6.13. The fourth-order valence-corrected chi connectivity index (χ4v) is 1.76. The monoisotopic (exact) mass is 243 g/mol. The Hall–Kier alpha value is -1.14. The Morgan fingerprint density at radius 2 is 2.44 bits per heavy atom. The van der Waals surface area contributed by atoms with E-state index >= 15 is 0 Å². The number of carbonyl (C=O) groups is 1. The van der Waals surface area contributed by atoms with Crippen molar-refractivity contribution in [3.8, 4) is 0 Å². The second kappa shape index (κ2) is 6.44. The van der Waals surface area contributed by atoms with Gasteiger partial charge in [-0.05, 0) is 18.9 Å². The molecular weight excluding hydrogens is 226 g/mol. The SMILES string of the molecule is CC(CN)CCC(=O)NCc1csc(=O)[nH]1. The van der Waals surface area contributed by atoms with Gasteiger partial charge >= 0.3 is 4.87 Å². The topological polar surface area (TPSA) is 88.0 Å². The fraction of sp³-hybridized carbons (Fsp3) is 0.600. The van der Waals surface area contributed by atoms with Crippen molar-refractivity contribution in [3.63, 3.8) is 0 Å². The number of thiazole rings is 1. The number of H-pyrrole nitrogens is 1. The number of hydrogen-bond acceptors (Lipinski definition) is 4. The zero-order valence-corrected chi connectivity index (χ0v) is 10.1. The van der Waals surface area contributed by atoms with Crippen LogP contribution in [0.4, 0.5) is 0 Å². The van der Waals surface area contributed by atoms with Gasteiger partial charge in [0.1, 0.15) is 0 Å². The number of nitrogens with two attached hydrogens (primary N) is 1. The molecule has 1 aromatic rings. The van der Waals surface area contributed by atoms with Gasteiger partial charge in [-0.2, -0.15) is 0 Å². The molecule has 1 heterocycles. The van der Waals surface area contributed by atoms with E-state index in [1.165, 1.54) is 0 Å². The van der Waals surface area contributed by atoms with Gasteiger partial charge in [-0.1, -0.05) is 18.3 Å². The van der Waals surface area contributed by atoms with E-state index in [-0.39, 0.29) is 10.8 Å². The van der Waals surface area contributed by atoms with E-state index in [1.54, 1.807) is 5.38 Å². The Balaban J connectivity index is 2.22. The van der Waals surface area contributed by atoms with Crippen LogP contribution in [0.2, 0.25) is 0 Å². The Kier molecular flexibility index (Phi) is 5.21. The molecule has 0 aliphatic heterocycles. The second-order valence-corrected chi connectivity index (χ2v) is 4.67. The predicted octanol–water partition coefficient (Wildman–Crippen LogP) is 0.428. The largest absolute Gasteiger partial charge is 0.351 e. The molecule has 16 heavy (non-hydrogen) atoms. The third kappa shape index (κ3) is 4.59. The summed E-state index contributed by atoms with van der Waals surface area (Å²) in [4.78, 5) is 24.8. The van der Waals surface area contributed by atoms with Crippen molar-refractivity contribution in [1.82, 2.24) is 10.3 Å². The molecule has 5 nitrogen and oxygen atoms in total. The third-order valence-electron chi connectivity index (χ3n) is 2.31. The number of aromatic amines is 1. The standard InChI is InChI=1S/C10H17N3O2S/c1-7(4-11)2-3-9(14)12-5-8-6-16-10(15)13-8/h6-7H,2-5,11H2,1H3,(H,12,14)(H,13,15). The number of aromatic nitrogens is 1. The summed E-state index contributed by atoms with van der Waals surface area (Å²) in [7, 11) is 0. The minimum absolute atomic E-state index is 0.00708. The summed E-state index contributed by atoms with van der Waals surface area (Å²) in [6.45, 7) is 3.00. The Morgan fingerprint density at radius 1 is 1.69 bits per heavy atom.